The normalized spacial score (nSPS) is 10.5. The van der Waals surface area contributed by atoms with E-state index in [4.69, 9.17) is 5.73 Å². The first kappa shape index (κ1) is 14.8. The molecular weight excluding hydrogens is 290 g/mol. The van der Waals surface area contributed by atoms with Gasteiger partial charge in [0.05, 0.1) is 6.42 Å². The number of carbonyl (C=O) groups excluding carboxylic acids is 1. The number of nitrogens with zero attached hydrogens (tertiary/aromatic N) is 2. The number of anilines is 2. The highest BCUT2D eigenvalue weighted by Gasteiger charge is 2.07. The van der Waals surface area contributed by atoms with Gasteiger partial charge in [-0.3, -0.25) is 15.6 Å². The van der Waals surface area contributed by atoms with E-state index in [0.717, 1.165) is 22.0 Å². The second-order valence-electron chi connectivity index (χ2n) is 5.25. The van der Waals surface area contributed by atoms with E-state index in [1.807, 2.05) is 42.5 Å². The molecule has 0 aliphatic carbocycles. The summed E-state index contributed by atoms with van der Waals surface area (Å²) in [7, 11) is 0. The van der Waals surface area contributed by atoms with Crippen LogP contribution in [0.1, 0.15) is 11.3 Å². The second-order valence-corrected chi connectivity index (χ2v) is 5.25. The molecule has 0 fully saturated rings. The molecule has 0 bridgehead atoms. The topological polar surface area (TPSA) is 92.9 Å². The Bertz CT molecular complexity index is 837. The Hall–Kier alpha value is -3.15. The van der Waals surface area contributed by atoms with Gasteiger partial charge >= 0.3 is 0 Å². The van der Waals surface area contributed by atoms with Crippen molar-refractivity contribution < 1.29 is 4.79 Å². The van der Waals surface area contributed by atoms with Crippen LogP contribution in [-0.4, -0.2) is 15.9 Å². The highest BCUT2D eigenvalue weighted by molar-refractivity contribution is 5.90. The predicted octanol–water partition coefficient (Wildman–Crippen LogP) is 2.21. The van der Waals surface area contributed by atoms with Crippen molar-refractivity contribution in [3.8, 4) is 0 Å². The Labute approximate surface area is 133 Å². The van der Waals surface area contributed by atoms with Crippen LogP contribution in [0, 0.1) is 6.92 Å². The molecule has 0 unspecified atom stereocenters. The molecule has 6 heteroatoms. The average molecular weight is 307 g/mol. The first-order valence-electron chi connectivity index (χ1n) is 7.24. The number of nitrogen functional groups attached to an aromatic ring is 1. The first-order chi connectivity index (χ1) is 11.1. The lowest BCUT2D eigenvalue weighted by molar-refractivity contribution is -0.119. The van der Waals surface area contributed by atoms with Crippen LogP contribution in [0.25, 0.3) is 10.8 Å². The zero-order valence-electron chi connectivity index (χ0n) is 12.7. The molecule has 3 rings (SSSR count). The lowest BCUT2D eigenvalue weighted by Gasteiger charge is -2.09. The van der Waals surface area contributed by atoms with Crippen molar-refractivity contribution >= 4 is 28.4 Å². The molecule has 2 aromatic carbocycles. The fourth-order valence-electron chi connectivity index (χ4n) is 2.44. The molecular formula is C17H17N5O. The maximum Gasteiger partial charge on any atom is 0.243 e. The number of hydrazine groups is 1. The largest absolute Gasteiger partial charge is 0.384 e. The molecule has 1 heterocycles. The molecule has 6 nitrogen and oxygen atoms in total. The second kappa shape index (κ2) is 6.31. The maximum atomic E-state index is 12.1. The van der Waals surface area contributed by atoms with E-state index >= 15 is 0 Å². The Kier molecular flexibility index (Phi) is 4.05. The molecule has 23 heavy (non-hydrogen) atoms. The standard InChI is InChI=1S/C17H17N5O/c1-11-9-15(18)20-17(19-11)22-21-16(23)10-13-7-4-6-12-5-2-3-8-14(12)13/h2-9H,10H2,1H3,(H,21,23)(H3,18,19,20,22). The average Bonchev–Trinajstić information content (AvgIpc) is 2.52. The lowest BCUT2D eigenvalue weighted by atomic mass is 10.0. The number of amides is 1. The maximum absolute atomic E-state index is 12.1. The Morgan fingerprint density at radius 1 is 1.13 bits per heavy atom. The molecule has 1 amide bonds. The molecule has 0 saturated carbocycles. The van der Waals surface area contributed by atoms with E-state index in [1.165, 1.54) is 0 Å². The number of nitrogens with two attached hydrogens (primary N) is 1. The number of hydrogen-bond acceptors (Lipinski definition) is 5. The highest BCUT2D eigenvalue weighted by atomic mass is 16.2. The van der Waals surface area contributed by atoms with Crippen molar-refractivity contribution in [1.82, 2.24) is 15.4 Å². The van der Waals surface area contributed by atoms with Crippen LogP contribution >= 0.6 is 0 Å². The van der Waals surface area contributed by atoms with Crippen LogP contribution < -0.4 is 16.6 Å². The Morgan fingerprint density at radius 2 is 1.91 bits per heavy atom. The number of aryl methyl sites for hydroxylation is 1. The molecule has 0 spiro atoms. The summed E-state index contributed by atoms with van der Waals surface area (Å²) in [6, 6.07) is 15.6. The van der Waals surface area contributed by atoms with Gasteiger partial charge in [-0.1, -0.05) is 42.5 Å². The molecule has 3 aromatic rings. The van der Waals surface area contributed by atoms with Crippen LogP contribution in [-0.2, 0) is 11.2 Å². The lowest BCUT2D eigenvalue weighted by Crippen LogP contribution is -2.31. The summed E-state index contributed by atoms with van der Waals surface area (Å²) in [5, 5.41) is 2.18. The van der Waals surface area contributed by atoms with Gasteiger partial charge < -0.3 is 5.73 Å². The van der Waals surface area contributed by atoms with Crippen LogP contribution in [0.4, 0.5) is 11.8 Å². The summed E-state index contributed by atoms with van der Waals surface area (Å²) in [6.07, 6.45) is 0.260. The molecule has 0 saturated heterocycles. The van der Waals surface area contributed by atoms with Gasteiger partial charge in [0.25, 0.3) is 0 Å². The van der Waals surface area contributed by atoms with Gasteiger partial charge in [0, 0.05) is 11.8 Å². The summed E-state index contributed by atoms with van der Waals surface area (Å²) >= 11 is 0. The molecule has 116 valence electrons. The van der Waals surface area contributed by atoms with Crippen molar-refractivity contribution in [3.63, 3.8) is 0 Å². The summed E-state index contributed by atoms with van der Waals surface area (Å²) < 4.78 is 0. The minimum Gasteiger partial charge on any atom is -0.384 e. The zero-order valence-corrected chi connectivity index (χ0v) is 12.7. The minimum absolute atomic E-state index is 0.176. The van der Waals surface area contributed by atoms with E-state index in [1.54, 1.807) is 13.0 Å². The third kappa shape index (κ3) is 3.55. The van der Waals surface area contributed by atoms with E-state index in [-0.39, 0.29) is 18.3 Å². The van der Waals surface area contributed by atoms with Gasteiger partial charge in [-0.2, -0.15) is 4.98 Å². The monoisotopic (exact) mass is 307 g/mol. The number of benzene rings is 2. The molecule has 0 aliphatic rings. The third-order valence-electron chi connectivity index (χ3n) is 3.42. The Morgan fingerprint density at radius 3 is 2.74 bits per heavy atom. The zero-order chi connectivity index (χ0) is 16.2. The van der Waals surface area contributed by atoms with Crippen LogP contribution in [0.3, 0.4) is 0 Å². The van der Waals surface area contributed by atoms with E-state index in [9.17, 15) is 4.79 Å². The fraction of sp³-hybridized carbons (Fsp3) is 0.118. The van der Waals surface area contributed by atoms with Crippen LogP contribution in [0.15, 0.2) is 48.5 Å². The van der Waals surface area contributed by atoms with Gasteiger partial charge in [0.2, 0.25) is 11.9 Å². The fourth-order valence-corrected chi connectivity index (χ4v) is 2.44. The number of nitrogens with one attached hydrogen (secondary N) is 2. The van der Waals surface area contributed by atoms with Gasteiger partial charge in [-0.05, 0) is 23.3 Å². The quantitative estimate of drug-likeness (QED) is 0.643. The minimum atomic E-state index is -0.176. The Balaban J connectivity index is 1.69. The van der Waals surface area contributed by atoms with Crippen LogP contribution in [0.2, 0.25) is 0 Å². The van der Waals surface area contributed by atoms with Gasteiger partial charge in [0.1, 0.15) is 5.82 Å². The van der Waals surface area contributed by atoms with Crippen molar-refractivity contribution in [3.05, 3.63) is 59.8 Å². The van der Waals surface area contributed by atoms with E-state index in [2.05, 4.69) is 20.8 Å². The number of hydrogen-bond donors (Lipinski definition) is 3. The summed E-state index contributed by atoms with van der Waals surface area (Å²) in [5.74, 6) is 0.446. The van der Waals surface area contributed by atoms with Crippen molar-refractivity contribution in [2.75, 3.05) is 11.2 Å². The van der Waals surface area contributed by atoms with Crippen molar-refractivity contribution in [1.29, 1.82) is 0 Å². The first-order valence-corrected chi connectivity index (χ1v) is 7.24. The number of aromatic nitrogens is 2. The SMILES string of the molecule is Cc1cc(N)nc(NNC(=O)Cc2cccc3ccccc23)n1. The number of rotatable bonds is 4. The highest BCUT2D eigenvalue weighted by Crippen LogP contribution is 2.18. The van der Waals surface area contributed by atoms with E-state index in [0.29, 0.717) is 5.82 Å². The number of carbonyl (C=O) groups is 1. The molecule has 0 aliphatic heterocycles. The van der Waals surface area contributed by atoms with E-state index < -0.39 is 0 Å². The third-order valence-corrected chi connectivity index (χ3v) is 3.42. The summed E-state index contributed by atoms with van der Waals surface area (Å²) in [5.41, 5.74) is 12.6. The molecule has 1 aromatic heterocycles. The van der Waals surface area contributed by atoms with Crippen molar-refractivity contribution in [2.45, 2.75) is 13.3 Å². The molecule has 0 atom stereocenters. The smallest absolute Gasteiger partial charge is 0.243 e. The van der Waals surface area contributed by atoms with Gasteiger partial charge in [-0.25, -0.2) is 4.98 Å². The molecule has 4 N–H and O–H groups in total. The summed E-state index contributed by atoms with van der Waals surface area (Å²) in [4.78, 5) is 20.3. The van der Waals surface area contributed by atoms with Crippen LogP contribution in [0.5, 0.6) is 0 Å². The molecule has 0 radical (unpaired) electrons. The van der Waals surface area contributed by atoms with Crippen molar-refractivity contribution in [2.24, 2.45) is 0 Å². The summed E-state index contributed by atoms with van der Waals surface area (Å²) in [6.45, 7) is 1.81. The van der Waals surface area contributed by atoms with Gasteiger partial charge in [0.15, 0.2) is 0 Å². The van der Waals surface area contributed by atoms with Gasteiger partial charge in [-0.15, -0.1) is 0 Å². The number of fused-ring (bicyclic) bond motifs is 1. The predicted molar refractivity (Wildman–Crippen MR) is 90.6 cm³/mol.